The van der Waals surface area contributed by atoms with Crippen molar-refractivity contribution in [2.45, 2.75) is 13.0 Å². The van der Waals surface area contributed by atoms with E-state index in [0.29, 0.717) is 0 Å². The predicted molar refractivity (Wildman–Crippen MR) is 118 cm³/mol. The molecule has 0 bridgehead atoms. The maximum Gasteiger partial charge on any atom is 0.262 e. The zero-order chi connectivity index (χ0) is 20.2. The second kappa shape index (κ2) is 8.00. The Hall–Kier alpha value is -3.90. The van der Waals surface area contributed by atoms with Crippen LogP contribution in [0.5, 0.6) is 0 Å². The summed E-state index contributed by atoms with van der Waals surface area (Å²) in [5.74, 6) is -0.374. The summed E-state index contributed by atoms with van der Waals surface area (Å²) in [5.41, 5.74) is 1.97. The number of rotatable bonds is 4. The van der Waals surface area contributed by atoms with Gasteiger partial charge in [-0.25, -0.2) is 0 Å². The van der Waals surface area contributed by atoms with Crippen molar-refractivity contribution in [1.82, 2.24) is 5.32 Å². The van der Waals surface area contributed by atoms with Crippen LogP contribution in [0.4, 0.5) is 0 Å². The van der Waals surface area contributed by atoms with Crippen LogP contribution in [0.25, 0.3) is 27.6 Å². The molecule has 0 fully saturated rings. The fourth-order valence-corrected chi connectivity index (χ4v) is 3.60. The molecule has 0 saturated heterocycles. The maximum atomic E-state index is 12.8. The summed E-state index contributed by atoms with van der Waals surface area (Å²) < 4.78 is 0. The highest BCUT2D eigenvalue weighted by Gasteiger charge is 2.15. The van der Waals surface area contributed by atoms with Crippen LogP contribution in [0.3, 0.4) is 0 Å². The van der Waals surface area contributed by atoms with Crippen molar-refractivity contribution in [3.8, 4) is 6.07 Å². The van der Waals surface area contributed by atoms with Gasteiger partial charge in [-0.2, -0.15) is 5.26 Å². The van der Waals surface area contributed by atoms with E-state index >= 15 is 0 Å². The molecule has 4 rings (SSSR count). The van der Waals surface area contributed by atoms with Crippen LogP contribution >= 0.6 is 0 Å². The Bertz CT molecular complexity index is 1210. The Labute approximate surface area is 169 Å². The third-order valence-electron chi connectivity index (χ3n) is 5.11. The van der Waals surface area contributed by atoms with Crippen molar-refractivity contribution >= 4 is 33.5 Å². The number of benzene rings is 4. The molecule has 4 aromatic rings. The molecule has 140 valence electrons. The van der Waals surface area contributed by atoms with Crippen LogP contribution in [0.15, 0.2) is 90.5 Å². The number of nitriles is 1. The van der Waals surface area contributed by atoms with Crippen LogP contribution in [0.1, 0.15) is 24.1 Å². The predicted octanol–water partition coefficient (Wildman–Crippen LogP) is 5.78. The van der Waals surface area contributed by atoms with E-state index in [-0.39, 0.29) is 17.5 Å². The summed E-state index contributed by atoms with van der Waals surface area (Å²) in [5, 5.41) is 16.8. The van der Waals surface area contributed by atoms with Crippen molar-refractivity contribution < 1.29 is 4.79 Å². The number of fused-ring (bicyclic) bond motifs is 2. The third kappa shape index (κ3) is 3.74. The Kier molecular flexibility index (Phi) is 5.09. The van der Waals surface area contributed by atoms with Gasteiger partial charge in [-0.05, 0) is 51.7 Å². The van der Waals surface area contributed by atoms with Crippen LogP contribution in [-0.4, -0.2) is 5.91 Å². The fourth-order valence-electron chi connectivity index (χ4n) is 3.60. The van der Waals surface area contributed by atoms with E-state index in [1.165, 1.54) is 0 Å². The zero-order valence-corrected chi connectivity index (χ0v) is 16.1. The molecular weight excluding hydrogens is 356 g/mol. The highest BCUT2D eigenvalue weighted by atomic mass is 16.1. The summed E-state index contributed by atoms with van der Waals surface area (Å²) in [6, 6.07) is 29.8. The average molecular weight is 376 g/mol. The second-order valence-corrected chi connectivity index (χ2v) is 7.01. The number of nitrogens with zero attached hydrogens (tertiary/aromatic N) is 1. The number of hydrogen-bond acceptors (Lipinski definition) is 2. The molecule has 0 aliphatic rings. The molecule has 1 N–H and O–H groups in total. The highest BCUT2D eigenvalue weighted by Crippen LogP contribution is 2.30. The molecule has 3 heteroatoms. The van der Waals surface area contributed by atoms with Crippen molar-refractivity contribution in [2.24, 2.45) is 0 Å². The topological polar surface area (TPSA) is 52.9 Å². The largest absolute Gasteiger partial charge is 0.345 e. The minimum Gasteiger partial charge on any atom is -0.345 e. The molecular formula is C26H20N2O. The molecule has 0 aromatic heterocycles. The Morgan fingerprint density at radius 1 is 0.897 bits per heavy atom. The number of carbonyl (C=O) groups is 1. The minimum atomic E-state index is -0.374. The zero-order valence-electron chi connectivity index (χ0n) is 16.1. The summed E-state index contributed by atoms with van der Waals surface area (Å²) >= 11 is 0. The van der Waals surface area contributed by atoms with E-state index in [4.69, 9.17) is 0 Å². The first-order chi connectivity index (χ1) is 14.2. The normalized spacial score (nSPS) is 12.5. The van der Waals surface area contributed by atoms with Gasteiger partial charge in [0.15, 0.2) is 0 Å². The van der Waals surface area contributed by atoms with Gasteiger partial charge in [-0.15, -0.1) is 0 Å². The molecule has 0 saturated carbocycles. The maximum absolute atomic E-state index is 12.8. The van der Waals surface area contributed by atoms with E-state index in [9.17, 15) is 10.1 Å². The lowest BCUT2D eigenvalue weighted by Gasteiger charge is -2.14. The van der Waals surface area contributed by atoms with Gasteiger partial charge in [0.2, 0.25) is 0 Å². The summed E-state index contributed by atoms with van der Waals surface area (Å²) in [7, 11) is 0. The van der Waals surface area contributed by atoms with Crippen molar-refractivity contribution in [2.75, 3.05) is 0 Å². The van der Waals surface area contributed by atoms with Crippen molar-refractivity contribution in [1.29, 1.82) is 5.26 Å². The smallest absolute Gasteiger partial charge is 0.262 e. The van der Waals surface area contributed by atoms with Crippen molar-refractivity contribution in [3.05, 3.63) is 102 Å². The molecule has 0 aliphatic heterocycles. The van der Waals surface area contributed by atoms with Gasteiger partial charge in [0.1, 0.15) is 11.6 Å². The molecule has 3 nitrogen and oxygen atoms in total. The molecule has 4 aromatic carbocycles. The lowest BCUT2D eigenvalue weighted by atomic mass is 9.95. The Morgan fingerprint density at radius 2 is 1.45 bits per heavy atom. The first-order valence-electron chi connectivity index (χ1n) is 9.55. The van der Waals surface area contributed by atoms with E-state index in [2.05, 4.69) is 17.5 Å². The number of amides is 1. The van der Waals surface area contributed by atoms with E-state index in [1.54, 1.807) is 6.08 Å². The first-order valence-corrected chi connectivity index (χ1v) is 9.55. The summed E-state index contributed by atoms with van der Waals surface area (Å²) in [4.78, 5) is 12.8. The van der Waals surface area contributed by atoms with Crippen molar-refractivity contribution in [3.63, 3.8) is 0 Å². The lowest BCUT2D eigenvalue weighted by molar-refractivity contribution is -0.117. The minimum absolute atomic E-state index is 0.0919. The first kappa shape index (κ1) is 18.5. The van der Waals surface area contributed by atoms with E-state index in [1.807, 2.05) is 85.8 Å². The van der Waals surface area contributed by atoms with E-state index < -0.39 is 0 Å². The van der Waals surface area contributed by atoms with E-state index in [0.717, 1.165) is 32.7 Å². The number of nitrogens with one attached hydrogen (secondary N) is 1. The number of carbonyl (C=O) groups excluding carboxylic acids is 1. The standard InChI is InChI=1S/C26H20N2O/c1-18(19-9-3-2-4-10-19)28-26(29)22(17-27)16-25-23-13-7-5-11-20(23)15-21-12-6-8-14-24(21)25/h2-16,18H,1H3,(H,28,29)/b22-16+/t18-/m0/s1. The van der Waals surface area contributed by atoms with Gasteiger partial charge < -0.3 is 5.32 Å². The Morgan fingerprint density at radius 3 is 2.03 bits per heavy atom. The second-order valence-electron chi connectivity index (χ2n) is 7.01. The highest BCUT2D eigenvalue weighted by molar-refractivity contribution is 6.11. The Balaban J connectivity index is 1.77. The lowest BCUT2D eigenvalue weighted by Crippen LogP contribution is -2.27. The fraction of sp³-hybridized carbons (Fsp3) is 0.0769. The molecule has 29 heavy (non-hydrogen) atoms. The van der Waals surface area contributed by atoms with Crippen LogP contribution in [-0.2, 0) is 4.79 Å². The monoisotopic (exact) mass is 376 g/mol. The van der Waals surface area contributed by atoms with Crippen LogP contribution in [0.2, 0.25) is 0 Å². The number of hydrogen-bond donors (Lipinski definition) is 1. The van der Waals surface area contributed by atoms with Crippen LogP contribution < -0.4 is 5.32 Å². The SMILES string of the molecule is C[C@H](NC(=O)/C(C#N)=C/c1c2ccccc2cc2ccccc12)c1ccccc1. The van der Waals surface area contributed by atoms with Gasteiger partial charge >= 0.3 is 0 Å². The average Bonchev–Trinajstić information content (AvgIpc) is 2.77. The molecule has 0 unspecified atom stereocenters. The van der Waals surface area contributed by atoms with Gasteiger partial charge in [0.25, 0.3) is 5.91 Å². The molecule has 0 heterocycles. The quantitative estimate of drug-likeness (QED) is 0.279. The molecule has 0 spiro atoms. The van der Waals surface area contributed by atoms with Gasteiger partial charge in [0.05, 0.1) is 6.04 Å². The molecule has 0 aliphatic carbocycles. The summed E-state index contributed by atoms with van der Waals surface area (Å²) in [6.45, 7) is 1.91. The molecule has 1 amide bonds. The molecule has 1 atom stereocenters. The third-order valence-corrected chi connectivity index (χ3v) is 5.11. The summed E-state index contributed by atoms with van der Waals surface area (Å²) in [6.07, 6.45) is 1.71. The van der Waals surface area contributed by atoms with Gasteiger partial charge in [-0.1, -0.05) is 78.9 Å². The van der Waals surface area contributed by atoms with Gasteiger partial charge in [0, 0.05) is 0 Å². The van der Waals surface area contributed by atoms with Crippen LogP contribution in [0, 0.1) is 11.3 Å². The van der Waals surface area contributed by atoms with Gasteiger partial charge in [-0.3, -0.25) is 4.79 Å². The molecule has 0 radical (unpaired) electrons.